The highest BCUT2D eigenvalue weighted by Gasteiger charge is 2.31. The molecule has 1 aromatic rings. The fraction of sp³-hybridized carbons (Fsp3) is 0.400. The highest BCUT2D eigenvalue weighted by atomic mass is 79.9. The predicted octanol–water partition coefficient (Wildman–Crippen LogP) is 4.32. The molecule has 1 saturated carbocycles. The van der Waals surface area contributed by atoms with Crippen LogP contribution in [-0.2, 0) is 0 Å². The number of nitro benzene ring substituents is 1. The first kappa shape index (κ1) is 13.1. The van der Waals surface area contributed by atoms with Gasteiger partial charge in [-0.25, -0.2) is 0 Å². The van der Waals surface area contributed by atoms with Crippen molar-refractivity contribution >= 4 is 49.1 Å². The maximum absolute atomic E-state index is 10.9. The summed E-state index contributed by atoms with van der Waals surface area (Å²) >= 11 is 12.5. The zero-order chi connectivity index (χ0) is 12.6. The lowest BCUT2D eigenvalue weighted by molar-refractivity contribution is -0.386. The van der Waals surface area contributed by atoms with Gasteiger partial charge in [0.15, 0.2) is 0 Å². The normalized spacial score (nSPS) is 23.0. The molecule has 0 spiro atoms. The first-order chi connectivity index (χ1) is 7.97. The van der Waals surface area contributed by atoms with Gasteiger partial charge in [-0.3, -0.25) is 10.1 Å². The first-order valence-electron chi connectivity index (χ1n) is 4.91. The molecule has 1 aromatic carbocycles. The van der Waals surface area contributed by atoms with Gasteiger partial charge in [0.2, 0.25) is 5.75 Å². The van der Waals surface area contributed by atoms with E-state index in [4.69, 9.17) is 16.3 Å². The molecule has 0 heterocycles. The van der Waals surface area contributed by atoms with Crippen molar-refractivity contribution in [3.63, 3.8) is 0 Å². The van der Waals surface area contributed by atoms with Crippen LogP contribution in [0.4, 0.5) is 5.69 Å². The molecular weight excluding hydrogens is 377 g/mol. The Morgan fingerprint density at radius 1 is 1.47 bits per heavy atom. The molecular formula is C10H8Br2ClNO3. The molecule has 1 aliphatic rings. The summed E-state index contributed by atoms with van der Waals surface area (Å²) < 4.78 is 6.13. The minimum Gasteiger partial charge on any atom is -0.483 e. The summed E-state index contributed by atoms with van der Waals surface area (Å²) in [6.45, 7) is 0. The average molecular weight is 385 g/mol. The molecule has 0 aromatic heterocycles. The van der Waals surface area contributed by atoms with E-state index >= 15 is 0 Å². The van der Waals surface area contributed by atoms with E-state index in [1.165, 1.54) is 6.07 Å². The van der Waals surface area contributed by atoms with Crippen molar-refractivity contribution in [2.24, 2.45) is 0 Å². The Morgan fingerprint density at radius 3 is 2.65 bits per heavy atom. The van der Waals surface area contributed by atoms with Crippen LogP contribution in [0.3, 0.4) is 0 Å². The minimum absolute atomic E-state index is 0.0237. The number of hydrogen-bond donors (Lipinski definition) is 0. The zero-order valence-electron chi connectivity index (χ0n) is 8.53. The number of hydrogen-bond acceptors (Lipinski definition) is 3. The molecule has 0 atom stereocenters. The monoisotopic (exact) mass is 383 g/mol. The number of alkyl halides is 1. The van der Waals surface area contributed by atoms with Crippen molar-refractivity contribution in [2.75, 3.05) is 0 Å². The summed E-state index contributed by atoms with van der Waals surface area (Å²) in [7, 11) is 0. The van der Waals surface area contributed by atoms with Crippen LogP contribution in [0.15, 0.2) is 16.6 Å². The summed E-state index contributed by atoms with van der Waals surface area (Å²) in [5.41, 5.74) is -0.109. The van der Waals surface area contributed by atoms with Crippen LogP contribution in [0, 0.1) is 10.1 Å². The molecule has 4 nitrogen and oxygen atoms in total. The Labute approximate surface area is 120 Å². The fourth-order valence-corrected chi connectivity index (χ4v) is 3.28. The second-order valence-electron chi connectivity index (χ2n) is 3.80. The summed E-state index contributed by atoms with van der Waals surface area (Å²) in [4.78, 5) is 10.9. The lowest BCUT2D eigenvalue weighted by Gasteiger charge is -2.31. The van der Waals surface area contributed by atoms with E-state index < -0.39 is 4.92 Å². The summed E-state index contributed by atoms with van der Waals surface area (Å²) in [6.07, 6.45) is 1.73. The third-order valence-electron chi connectivity index (χ3n) is 2.51. The van der Waals surface area contributed by atoms with Gasteiger partial charge in [0, 0.05) is 15.9 Å². The van der Waals surface area contributed by atoms with Gasteiger partial charge in [-0.15, -0.1) is 0 Å². The highest BCUT2D eigenvalue weighted by Crippen LogP contribution is 2.41. The number of nitrogens with zero attached hydrogens (tertiary/aromatic N) is 1. The number of halogens is 3. The van der Waals surface area contributed by atoms with Crippen molar-refractivity contribution in [1.29, 1.82) is 0 Å². The van der Waals surface area contributed by atoms with Crippen LogP contribution in [0.25, 0.3) is 0 Å². The maximum Gasteiger partial charge on any atom is 0.313 e. The summed E-state index contributed by atoms with van der Waals surface area (Å²) in [5, 5.41) is 11.2. The molecule has 0 saturated heterocycles. The quantitative estimate of drug-likeness (QED) is 0.442. The molecule has 0 unspecified atom stereocenters. The molecule has 17 heavy (non-hydrogen) atoms. The van der Waals surface area contributed by atoms with Crippen molar-refractivity contribution < 1.29 is 9.66 Å². The average Bonchev–Trinajstić information content (AvgIpc) is 2.18. The lowest BCUT2D eigenvalue weighted by atomic mass is 9.96. The number of nitro groups is 1. The third-order valence-corrected chi connectivity index (χ3v) is 4.06. The maximum atomic E-state index is 10.9. The number of rotatable bonds is 3. The van der Waals surface area contributed by atoms with Gasteiger partial charge in [0.05, 0.1) is 9.40 Å². The van der Waals surface area contributed by atoms with Gasteiger partial charge in [-0.1, -0.05) is 27.5 Å². The van der Waals surface area contributed by atoms with Gasteiger partial charge < -0.3 is 4.74 Å². The van der Waals surface area contributed by atoms with Crippen LogP contribution in [0.1, 0.15) is 12.8 Å². The third kappa shape index (κ3) is 2.92. The number of ether oxygens (including phenoxy) is 1. The fourth-order valence-electron chi connectivity index (χ4n) is 1.56. The van der Waals surface area contributed by atoms with E-state index in [1.54, 1.807) is 6.07 Å². The van der Waals surface area contributed by atoms with Crippen molar-refractivity contribution in [3.8, 4) is 5.75 Å². The van der Waals surface area contributed by atoms with Crippen molar-refractivity contribution in [1.82, 2.24) is 0 Å². The standard InChI is InChI=1S/C10H8Br2ClNO3/c11-5-1-7(2-5)17-10-8(12)3-6(13)4-9(10)14(15)16/h3-5,7H,1-2H2. The largest absolute Gasteiger partial charge is 0.483 e. The lowest BCUT2D eigenvalue weighted by Crippen LogP contribution is -2.34. The Kier molecular flexibility index (Phi) is 3.95. The smallest absolute Gasteiger partial charge is 0.313 e. The van der Waals surface area contributed by atoms with Crippen LogP contribution in [0.5, 0.6) is 5.75 Å². The van der Waals surface area contributed by atoms with Gasteiger partial charge in [0.1, 0.15) is 6.10 Å². The van der Waals surface area contributed by atoms with E-state index in [0.717, 1.165) is 12.8 Å². The van der Waals surface area contributed by atoms with Crippen LogP contribution in [0.2, 0.25) is 5.02 Å². The Morgan fingerprint density at radius 2 is 2.12 bits per heavy atom. The molecule has 1 aliphatic carbocycles. The second kappa shape index (κ2) is 5.12. The van der Waals surface area contributed by atoms with Crippen molar-refractivity contribution in [2.45, 2.75) is 23.8 Å². The number of benzene rings is 1. The van der Waals surface area contributed by atoms with Gasteiger partial charge >= 0.3 is 5.69 Å². The van der Waals surface area contributed by atoms with Crippen LogP contribution >= 0.6 is 43.5 Å². The predicted molar refractivity (Wildman–Crippen MR) is 72.2 cm³/mol. The van der Waals surface area contributed by atoms with E-state index in [9.17, 15) is 10.1 Å². The molecule has 0 N–H and O–H groups in total. The van der Waals surface area contributed by atoms with Gasteiger partial charge in [-0.2, -0.15) is 0 Å². The molecule has 2 rings (SSSR count). The second-order valence-corrected chi connectivity index (χ2v) is 6.39. The van der Waals surface area contributed by atoms with Gasteiger partial charge in [-0.05, 0) is 34.8 Å². The molecule has 7 heteroatoms. The molecule has 0 aliphatic heterocycles. The summed E-state index contributed by atoms with van der Waals surface area (Å²) in [6, 6.07) is 2.89. The molecule has 1 fully saturated rings. The van der Waals surface area contributed by atoms with E-state index in [0.29, 0.717) is 14.3 Å². The van der Waals surface area contributed by atoms with Crippen molar-refractivity contribution in [3.05, 3.63) is 31.7 Å². The SMILES string of the molecule is O=[N+]([O-])c1cc(Cl)cc(Br)c1OC1CC(Br)C1. The molecule has 0 bridgehead atoms. The zero-order valence-corrected chi connectivity index (χ0v) is 12.5. The van der Waals surface area contributed by atoms with E-state index in [1.807, 2.05) is 0 Å². The molecule has 0 amide bonds. The van der Waals surface area contributed by atoms with Crippen LogP contribution in [-0.4, -0.2) is 15.9 Å². The van der Waals surface area contributed by atoms with E-state index in [-0.39, 0.29) is 17.5 Å². The Bertz CT molecular complexity index is 463. The first-order valence-corrected chi connectivity index (χ1v) is 7.00. The topological polar surface area (TPSA) is 52.4 Å². The Balaban J connectivity index is 2.28. The molecule has 92 valence electrons. The van der Waals surface area contributed by atoms with E-state index in [2.05, 4.69) is 31.9 Å². The Hall–Kier alpha value is -0.330. The molecule has 0 radical (unpaired) electrons. The minimum atomic E-state index is -0.490. The summed E-state index contributed by atoms with van der Waals surface area (Å²) in [5.74, 6) is 0.254. The van der Waals surface area contributed by atoms with Gasteiger partial charge in [0.25, 0.3) is 0 Å². The van der Waals surface area contributed by atoms with Crippen LogP contribution < -0.4 is 4.74 Å². The highest BCUT2D eigenvalue weighted by molar-refractivity contribution is 9.10.